The van der Waals surface area contributed by atoms with E-state index in [2.05, 4.69) is 5.32 Å². The summed E-state index contributed by atoms with van der Waals surface area (Å²) in [5.74, 6) is 1.33. The first kappa shape index (κ1) is 12.7. The van der Waals surface area contributed by atoms with E-state index in [-0.39, 0.29) is 12.4 Å². The third-order valence-electron chi connectivity index (χ3n) is 1.82. The number of rotatable bonds is 3. The standard InChI is InChI=1S/C9H14N2O2.ClH/c1-11-8-7(12-2)5-4-6(10)9(8)13-3;/h4-5,11H,10H2,1-3H3;1H. The van der Waals surface area contributed by atoms with Crippen LogP contribution in [0.1, 0.15) is 0 Å². The lowest BCUT2D eigenvalue weighted by atomic mass is 10.2. The van der Waals surface area contributed by atoms with Crippen LogP contribution < -0.4 is 20.5 Å². The van der Waals surface area contributed by atoms with Gasteiger partial charge in [0.1, 0.15) is 11.4 Å². The van der Waals surface area contributed by atoms with E-state index in [4.69, 9.17) is 15.2 Å². The summed E-state index contributed by atoms with van der Waals surface area (Å²) in [6.07, 6.45) is 0. The second kappa shape index (κ2) is 5.44. The van der Waals surface area contributed by atoms with Gasteiger partial charge < -0.3 is 20.5 Å². The Bertz CT molecular complexity index is 305. The van der Waals surface area contributed by atoms with Gasteiger partial charge in [-0.1, -0.05) is 0 Å². The Morgan fingerprint density at radius 2 is 1.86 bits per heavy atom. The van der Waals surface area contributed by atoms with Crippen molar-refractivity contribution in [3.05, 3.63) is 12.1 Å². The van der Waals surface area contributed by atoms with Gasteiger partial charge >= 0.3 is 0 Å². The molecule has 14 heavy (non-hydrogen) atoms. The Labute approximate surface area is 89.8 Å². The molecule has 1 rings (SSSR count). The topological polar surface area (TPSA) is 56.5 Å². The molecule has 0 heterocycles. The van der Waals surface area contributed by atoms with Gasteiger partial charge in [-0.15, -0.1) is 12.4 Å². The van der Waals surface area contributed by atoms with Crippen molar-refractivity contribution in [2.75, 3.05) is 32.3 Å². The summed E-state index contributed by atoms with van der Waals surface area (Å²) in [7, 11) is 4.97. The number of hydrogen-bond acceptors (Lipinski definition) is 4. The van der Waals surface area contributed by atoms with E-state index in [9.17, 15) is 0 Å². The van der Waals surface area contributed by atoms with E-state index < -0.39 is 0 Å². The van der Waals surface area contributed by atoms with Crippen LogP contribution in [0.25, 0.3) is 0 Å². The van der Waals surface area contributed by atoms with Gasteiger partial charge in [0.25, 0.3) is 0 Å². The Morgan fingerprint density at radius 3 is 2.29 bits per heavy atom. The van der Waals surface area contributed by atoms with E-state index in [1.54, 1.807) is 33.4 Å². The number of anilines is 2. The largest absolute Gasteiger partial charge is 0.494 e. The van der Waals surface area contributed by atoms with Crippen molar-refractivity contribution >= 4 is 23.8 Å². The molecule has 0 fully saturated rings. The quantitative estimate of drug-likeness (QED) is 0.759. The van der Waals surface area contributed by atoms with Crippen molar-refractivity contribution in [3.8, 4) is 11.5 Å². The highest BCUT2D eigenvalue weighted by Crippen LogP contribution is 2.38. The summed E-state index contributed by atoms with van der Waals surface area (Å²) in [6.45, 7) is 0. The van der Waals surface area contributed by atoms with Crippen LogP contribution in [0.15, 0.2) is 12.1 Å². The van der Waals surface area contributed by atoms with Crippen molar-refractivity contribution < 1.29 is 9.47 Å². The smallest absolute Gasteiger partial charge is 0.168 e. The molecule has 1 aromatic rings. The fourth-order valence-electron chi connectivity index (χ4n) is 1.21. The number of ether oxygens (including phenoxy) is 2. The molecule has 0 saturated carbocycles. The van der Waals surface area contributed by atoms with Crippen LogP contribution in [0.5, 0.6) is 11.5 Å². The second-order valence-corrected chi connectivity index (χ2v) is 2.52. The molecular formula is C9H15ClN2O2. The lowest BCUT2D eigenvalue weighted by molar-refractivity contribution is 0.399. The highest BCUT2D eigenvalue weighted by Gasteiger charge is 2.10. The van der Waals surface area contributed by atoms with Crippen LogP contribution in [0.4, 0.5) is 11.4 Å². The minimum absolute atomic E-state index is 0. The van der Waals surface area contributed by atoms with E-state index >= 15 is 0 Å². The minimum atomic E-state index is 0. The molecule has 0 saturated heterocycles. The lowest BCUT2D eigenvalue weighted by Crippen LogP contribution is -2.00. The molecule has 0 atom stereocenters. The summed E-state index contributed by atoms with van der Waals surface area (Å²) < 4.78 is 10.3. The molecule has 0 bridgehead atoms. The van der Waals surface area contributed by atoms with Gasteiger partial charge in [-0.3, -0.25) is 0 Å². The molecule has 5 heteroatoms. The third-order valence-corrected chi connectivity index (χ3v) is 1.82. The van der Waals surface area contributed by atoms with Crippen LogP contribution in [-0.4, -0.2) is 21.3 Å². The molecular weight excluding hydrogens is 204 g/mol. The molecule has 0 aliphatic rings. The van der Waals surface area contributed by atoms with Crippen molar-refractivity contribution in [1.82, 2.24) is 0 Å². The van der Waals surface area contributed by atoms with Gasteiger partial charge in [0.2, 0.25) is 0 Å². The highest BCUT2D eigenvalue weighted by atomic mass is 35.5. The Morgan fingerprint density at radius 1 is 1.21 bits per heavy atom. The normalized spacial score (nSPS) is 8.79. The predicted molar refractivity (Wildman–Crippen MR) is 60.8 cm³/mol. The van der Waals surface area contributed by atoms with Crippen LogP contribution in [-0.2, 0) is 0 Å². The maximum absolute atomic E-state index is 5.71. The molecule has 0 aliphatic carbocycles. The molecule has 0 unspecified atom stereocenters. The number of nitrogens with one attached hydrogen (secondary N) is 1. The first-order valence-electron chi connectivity index (χ1n) is 3.92. The van der Waals surface area contributed by atoms with Crippen molar-refractivity contribution in [1.29, 1.82) is 0 Å². The molecule has 0 amide bonds. The third kappa shape index (κ3) is 2.14. The molecule has 1 aromatic carbocycles. The first-order chi connectivity index (χ1) is 6.24. The fourth-order valence-corrected chi connectivity index (χ4v) is 1.21. The van der Waals surface area contributed by atoms with E-state index in [0.29, 0.717) is 17.2 Å². The number of nitrogen functional groups attached to an aromatic ring is 1. The average molecular weight is 219 g/mol. The number of nitrogens with two attached hydrogens (primary N) is 1. The number of hydrogen-bond donors (Lipinski definition) is 2. The molecule has 0 aromatic heterocycles. The summed E-state index contributed by atoms with van der Waals surface area (Å²) >= 11 is 0. The van der Waals surface area contributed by atoms with Crippen LogP contribution in [0.3, 0.4) is 0 Å². The van der Waals surface area contributed by atoms with Crippen LogP contribution in [0.2, 0.25) is 0 Å². The zero-order chi connectivity index (χ0) is 9.84. The van der Waals surface area contributed by atoms with Crippen LogP contribution >= 0.6 is 12.4 Å². The lowest BCUT2D eigenvalue weighted by Gasteiger charge is -2.13. The van der Waals surface area contributed by atoms with E-state index in [1.165, 1.54) is 0 Å². The molecule has 4 nitrogen and oxygen atoms in total. The van der Waals surface area contributed by atoms with Gasteiger partial charge in [-0.05, 0) is 12.1 Å². The van der Waals surface area contributed by atoms with Crippen LogP contribution in [0, 0.1) is 0 Å². The van der Waals surface area contributed by atoms with Gasteiger partial charge in [-0.2, -0.15) is 0 Å². The first-order valence-corrected chi connectivity index (χ1v) is 3.92. The predicted octanol–water partition coefficient (Wildman–Crippen LogP) is 1.75. The molecule has 0 radical (unpaired) electrons. The maximum Gasteiger partial charge on any atom is 0.168 e. The second-order valence-electron chi connectivity index (χ2n) is 2.52. The highest BCUT2D eigenvalue weighted by molar-refractivity contribution is 5.85. The Kier molecular flexibility index (Phi) is 4.94. The maximum atomic E-state index is 5.71. The Hall–Kier alpha value is -1.29. The summed E-state index contributed by atoms with van der Waals surface area (Å²) in [4.78, 5) is 0. The zero-order valence-corrected chi connectivity index (χ0v) is 9.27. The minimum Gasteiger partial charge on any atom is -0.494 e. The van der Waals surface area contributed by atoms with Gasteiger partial charge in [0.05, 0.1) is 19.9 Å². The van der Waals surface area contributed by atoms with Crippen molar-refractivity contribution in [2.45, 2.75) is 0 Å². The fraction of sp³-hybridized carbons (Fsp3) is 0.333. The summed E-state index contributed by atoms with van der Waals surface area (Å²) in [6, 6.07) is 3.54. The monoisotopic (exact) mass is 218 g/mol. The van der Waals surface area contributed by atoms with Gasteiger partial charge in [-0.25, -0.2) is 0 Å². The van der Waals surface area contributed by atoms with Crippen molar-refractivity contribution in [2.24, 2.45) is 0 Å². The molecule has 80 valence electrons. The molecule has 3 N–H and O–H groups in total. The van der Waals surface area contributed by atoms with E-state index in [1.807, 2.05) is 0 Å². The molecule has 0 spiro atoms. The SMILES string of the molecule is CNc1c(OC)ccc(N)c1OC.Cl. The average Bonchev–Trinajstić information content (AvgIpc) is 2.17. The van der Waals surface area contributed by atoms with Gasteiger partial charge in [0, 0.05) is 7.05 Å². The summed E-state index contributed by atoms with van der Waals surface area (Å²) in [5.41, 5.74) is 7.07. The zero-order valence-electron chi connectivity index (χ0n) is 8.46. The van der Waals surface area contributed by atoms with E-state index in [0.717, 1.165) is 5.69 Å². The number of benzene rings is 1. The number of halogens is 1. The number of methoxy groups -OCH3 is 2. The van der Waals surface area contributed by atoms with Gasteiger partial charge in [0.15, 0.2) is 5.75 Å². The summed E-state index contributed by atoms with van der Waals surface area (Å²) in [5, 5.41) is 2.98. The van der Waals surface area contributed by atoms with Crippen molar-refractivity contribution in [3.63, 3.8) is 0 Å². The molecule has 0 aliphatic heterocycles. The Balaban J connectivity index is 0.00000169.